The Bertz CT molecular complexity index is 537. The van der Waals surface area contributed by atoms with Crippen LogP contribution in [0.4, 0.5) is 0 Å². The molecule has 0 aliphatic carbocycles. The van der Waals surface area contributed by atoms with Crippen molar-refractivity contribution in [1.82, 2.24) is 10.2 Å². The molecule has 1 aromatic carbocycles. The number of ether oxygens (including phenoxy) is 1. The van der Waals surface area contributed by atoms with Gasteiger partial charge in [-0.3, -0.25) is 4.79 Å². The van der Waals surface area contributed by atoms with Gasteiger partial charge in [-0.05, 0) is 38.4 Å². The lowest BCUT2D eigenvalue weighted by atomic mass is 9.83. The molecule has 0 aromatic heterocycles. The van der Waals surface area contributed by atoms with E-state index in [1.807, 2.05) is 11.9 Å². The summed E-state index contributed by atoms with van der Waals surface area (Å²) >= 11 is 0. The molecule has 0 bridgehead atoms. The molecule has 0 radical (unpaired) electrons. The lowest BCUT2D eigenvalue weighted by molar-refractivity contribution is -0.157. The third-order valence-corrected chi connectivity index (χ3v) is 5.00. The number of aryl methyl sites for hydroxylation is 1. The molecule has 1 N–H and O–H groups in total. The van der Waals surface area contributed by atoms with E-state index in [2.05, 4.69) is 50.4 Å². The van der Waals surface area contributed by atoms with Gasteiger partial charge in [-0.15, -0.1) is 12.4 Å². The van der Waals surface area contributed by atoms with E-state index in [4.69, 9.17) is 4.74 Å². The Labute approximate surface area is 152 Å². The van der Waals surface area contributed by atoms with Crippen molar-refractivity contribution in [2.45, 2.75) is 44.6 Å². The predicted molar refractivity (Wildman–Crippen MR) is 101 cm³/mol. The lowest BCUT2D eigenvalue weighted by Crippen LogP contribution is -2.56. The smallest absolute Gasteiger partial charge is 0.254 e. The quantitative estimate of drug-likeness (QED) is 0.884. The number of piperidine rings is 1. The topological polar surface area (TPSA) is 41.6 Å². The molecule has 5 heteroatoms. The number of amides is 1. The number of benzene rings is 1. The van der Waals surface area contributed by atoms with Gasteiger partial charge in [-0.2, -0.15) is 0 Å². The van der Waals surface area contributed by atoms with Crippen molar-refractivity contribution in [3.8, 4) is 0 Å². The summed E-state index contributed by atoms with van der Waals surface area (Å²) in [6, 6.07) is 8.57. The predicted octanol–water partition coefficient (Wildman–Crippen LogP) is 2.92. The zero-order valence-corrected chi connectivity index (χ0v) is 16.3. The van der Waals surface area contributed by atoms with E-state index >= 15 is 0 Å². The zero-order chi connectivity index (χ0) is 17.1. The SMILES string of the molecule is COC1(C(=O)N(C)CC(C)(C)c2ccc(C)cc2)CCNCC1.Cl. The Balaban J connectivity index is 0.00000288. The molecular weight excluding hydrogens is 324 g/mol. The Morgan fingerprint density at radius 2 is 1.79 bits per heavy atom. The number of nitrogens with one attached hydrogen (secondary N) is 1. The molecule has 1 aromatic rings. The van der Waals surface area contributed by atoms with Crippen molar-refractivity contribution in [1.29, 1.82) is 0 Å². The number of methoxy groups -OCH3 is 1. The highest BCUT2D eigenvalue weighted by molar-refractivity contribution is 5.85. The number of rotatable bonds is 5. The lowest BCUT2D eigenvalue weighted by Gasteiger charge is -2.40. The minimum Gasteiger partial charge on any atom is -0.368 e. The number of hydrogen-bond acceptors (Lipinski definition) is 3. The highest BCUT2D eigenvalue weighted by Gasteiger charge is 2.42. The Morgan fingerprint density at radius 3 is 2.29 bits per heavy atom. The van der Waals surface area contributed by atoms with Gasteiger partial charge in [-0.1, -0.05) is 43.7 Å². The van der Waals surface area contributed by atoms with Crippen molar-refractivity contribution >= 4 is 18.3 Å². The number of carbonyl (C=O) groups is 1. The molecule has 1 aliphatic heterocycles. The summed E-state index contributed by atoms with van der Waals surface area (Å²) in [6.45, 7) is 8.79. The molecule has 1 fully saturated rings. The summed E-state index contributed by atoms with van der Waals surface area (Å²) < 4.78 is 5.67. The van der Waals surface area contributed by atoms with Crippen molar-refractivity contribution in [2.75, 3.05) is 33.8 Å². The molecule has 1 heterocycles. The summed E-state index contributed by atoms with van der Waals surface area (Å²) in [5.74, 6) is 0.0988. The summed E-state index contributed by atoms with van der Waals surface area (Å²) in [4.78, 5) is 14.8. The first-order chi connectivity index (χ1) is 10.8. The van der Waals surface area contributed by atoms with Crippen LogP contribution in [0.3, 0.4) is 0 Å². The first-order valence-electron chi connectivity index (χ1n) is 8.39. The van der Waals surface area contributed by atoms with E-state index in [0.29, 0.717) is 6.54 Å². The molecule has 4 nitrogen and oxygen atoms in total. The molecule has 0 saturated carbocycles. The van der Waals surface area contributed by atoms with Crippen LogP contribution in [-0.4, -0.2) is 50.2 Å². The fourth-order valence-electron chi connectivity index (χ4n) is 3.44. The van der Waals surface area contributed by atoms with Crippen molar-refractivity contribution in [3.05, 3.63) is 35.4 Å². The van der Waals surface area contributed by atoms with Crippen LogP contribution in [0.1, 0.15) is 37.8 Å². The van der Waals surface area contributed by atoms with Gasteiger partial charge in [-0.25, -0.2) is 0 Å². The maximum absolute atomic E-state index is 13.0. The van der Waals surface area contributed by atoms with Gasteiger partial charge in [0.15, 0.2) is 0 Å². The van der Waals surface area contributed by atoms with Crippen LogP contribution in [0.15, 0.2) is 24.3 Å². The number of carbonyl (C=O) groups excluding carboxylic acids is 1. The van der Waals surface area contributed by atoms with Gasteiger partial charge in [0.2, 0.25) is 0 Å². The molecular formula is C19H31ClN2O2. The van der Waals surface area contributed by atoms with Gasteiger partial charge >= 0.3 is 0 Å². The first kappa shape index (κ1) is 20.9. The third kappa shape index (κ3) is 4.50. The molecule has 2 rings (SSSR count). The molecule has 0 atom stereocenters. The molecule has 1 aliphatic rings. The van der Waals surface area contributed by atoms with Gasteiger partial charge in [0, 0.05) is 26.1 Å². The zero-order valence-electron chi connectivity index (χ0n) is 15.5. The van der Waals surface area contributed by atoms with Crippen molar-refractivity contribution in [3.63, 3.8) is 0 Å². The van der Waals surface area contributed by atoms with Crippen LogP contribution in [0.2, 0.25) is 0 Å². The van der Waals surface area contributed by atoms with E-state index in [0.717, 1.165) is 25.9 Å². The van der Waals surface area contributed by atoms with Crippen LogP contribution < -0.4 is 5.32 Å². The van der Waals surface area contributed by atoms with E-state index < -0.39 is 5.60 Å². The van der Waals surface area contributed by atoms with E-state index in [-0.39, 0.29) is 23.7 Å². The maximum atomic E-state index is 13.0. The van der Waals surface area contributed by atoms with Gasteiger partial charge in [0.05, 0.1) is 0 Å². The van der Waals surface area contributed by atoms with Crippen LogP contribution in [-0.2, 0) is 14.9 Å². The van der Waals surface area contributed by atoms with E-state index in [1.54, 1.807) is 7.11 Å². The van der Waals surface area contributed by atoms with E-state index in [1.165, 1.54) is 11.1 Å². The minimum absolute atomic E-state index is 0. The van der Waals surface area contributed by atoms with Crippen molar-refractivity contribution in [2.24, 2.45) is 0 Å². The molecule has 1 saturated heterocycles. The van der Waals surface area contributed by atoms with Crippen LogP contribution in [0.5, 0.6) is 0 Å². The average Bonchev–Trinajstić information content (AvgIpc) is 2.54. The standard InChI is InChI=1S/C19H30N2O2.ClH/c1-15-6-8-16(9-7-15)18(2,3)14-21(4)17(22)19(23-5)10-12-20-13-11-19;/h6-9,20H,10-14H2,1-5H3;1H. The summed E-state index contributed by atoms with van der Waals surface area (Å²) in [5.41, 5.74) is 1.74. The minimum atomic E-state index is -0.663. The number of halogens is 1. The largest absolute Gasteiger partial charge is 0.368 e. The fourth-order valence-corrected chi connectivity index (χ4v) is 3.44. The Hall–Kier alpha value is -1.10. The van der Waals surface area contributed by atoms with Crippen LogP contribution in [0, 0.1) is 6.92 Å². The summed E-state index contributed by atoms with van der Waals surface area (Å²) in [7, 11) is 3.54. The highest BCUT2D eigenvalue weighted by atomic mass is 35.5. The average molecular weight is 355 g/mol. The molecule has 1 amide bonds. The Morgan fingerprint density at radius 1 is 1.25 bits per heavy atom. The molecule has 0 unspecified atom stereocenters. The molecule has 0 spiro atoms. The van der Waals surface area contributed by atoms with Crippen LogP contribution >= 0.6 is 12.4 Å². The summed E-state index contributed by atoms with van der Waals surface area (Å²) in [5, 5.41) is 3.30. The monoisotopic (exact) mass is 354 g/mol. The second-order valence-electron chi connectivity index (χ2n) is 7.36. The van der Waals surface area contributed by atoms with Gasteiger partial charge in [0.1, 0.15) is 5.60 Å². The second kappa shape index (κ2) is 8.32. The van der Waals surface area contributed by atoms with Crippen molar-refractivity contribution < 1.29 is 9.53 Å². The maximum Gasteiger partial charge on any atom is 0.254 e. The number of likely N-dealkylation sites (N-methyl/N-ethyl adjacent to an activating group) is 1. The van der Waals surface area contributed by atoms with Crippen LogP contribution in [0.25, 0.3) is 0 Å². The van der Waals surface area contributed by atoms with Gasteiger partial charge < -0.3 is 15.0 Å². The summed E-state index contributed by atoms with van der Waals surface area (Å²) in [6.07, 6.45) is 1.47. The fraction of sp³-hybridized carbons (Fsp3) is 0.632. The molecule has 136 valence electrons. The second-order valence-corrected chi connectivity index (χ2v) is 7.36. The third-order valence-electron chi connectivity index (χ3n) is 5.00. The molecule has 24 heavy (non-hydrogen) atoms. The number of hydrogen-bond donors (Lipinski definition) is 1. The highest BCUT2D eigenvalue weighted by Crippen LogP contribution is 2.28. The van der Waals surface area contributed by atoms with E-state index in [9.17, 15) is 4.79 Å². The Kier molecular flexibility index (Phi) is 7.26. The van der Waals surface area contributed by atoms with Gasteiger partial charge in [0.25, 0.3) is 5.91 Å². The number of nitrogens with zero attached hydrogens (tertiary/aromatic N) is 1. The first-order valence-corrected chi connectivity index (χ1v) is 8.39. The normalized spacial score (nSPS) is 17.0.